The second kappa shape index (κ2) is 6.62. The fourth-order valence-electron chi connectivity index (χ4n) is 5.44. The van der Waals surface area contributed by atoms with Gasteiger partial charge in [-0.1, -0.05) is 40.2 Å². The zero-order valence-electron chi connectivity index (χ0n) is 15.8. The highest BCUT2D eigenvalue weighted by molar-refractivity contribution is 9.10. The number of carbonyl (C=O) groups excluding carboxylic acids is 4. The average Bonchev–Trinajstić information content (AvgIpc) is 3.49. The van der Waals surface area contributed by atoms with Crippen LogP contribution in [0, 0.1) is 35.5 Å². The van der Waals surface area contributed by atoms with Crippen LogP contribution in [0.3, 0.4) is 0 Å². The molecule has 2 amide bonds. The Morgan fingerprint density at radius 2 is 1.62 bits per heavy atom. The molecule has 6 nitrogen and oxygen atoms in total. The van der Waals surface area contributed by atoms with E-state index in [0.717, 1.165) is 15.8 Å². The minimum Gasteiger partial charge on any atom is -0.456 e. The highest BCUT2D eigenvalue weighted by Gasteiger charge is 2.67. The molecule has 5 aliphatic rings. The number of likely N-dealkylation sites (tertiary alicyclic amines) is 1. The third-order valence-electron chi connectivity index (χ3n) is 6.94. The fraction of sp³-hybridized carbons (Fsp3) is 0.455. The highest BCUT2D eigenvalue weighted by atomic mass is 79.9. The van der Waals surface area contributed by atoms with E-state index in [0.29, 0.717) is 17.4 Å². The molecule has 7 atom stereocenters. The first-order valence-corrected chi connectivity index (χ1v) is 10.7. The topological polar surface area (TPSA) is 80.8 Å². The molecule has 3 fully saturated rings. The van der Waals surface area contributed by atoms with Crippen molar-refractivity contribution < 1.29 is 23.9 Å². The van der Waals surface area contributed by atoms with Gasteiger partial charge in [-0.15, -0.1) is 0 Å². The molecule has 0 N–H and O–H groups in total. The van der Waals surface area contributed by atoms with Crippen molar-refractivity contribution in [2.24, 2.45) is 35.5 Å². The normalized spacial score (nSPS) is 34.6. The van der Waals surface area contributed by atoms with Gasteiger partial charge in [0.25, 0.3) is 0 Å². The van der Waals surface area contributed by atoms with E-state index in [1.165, 1.54) is 6.92 Å². The lowest BCUT2D eigenvalue weighted by Gasteiger charge is -2.37. The Kier molecular flexibility index (Phi) is 4.28. The molecule has 0 unspecified atom stereocenters. The molecular formula is C22H20BrNO5. The van der Waals surface area contributed by atoms with Crippen LogP contribution in [0.5, 0.6) is 0 Å². The van der Waals surface area contributed by atoms with Crippen molar-refractivity contribution in [3.63, 3.8) is 0 Å². The summed E-state index contributed by atoms with van der Waals surface area (Å²) in [6.07, 6.45) is 5.27. The van der Waals surface area contributed by atoms with E-state index in [2.05, 4.69) is 28.1 Å². The number of amides is 2. The van der Waals surface area contributed by atoms with E-state index >= 15 is 0 Å². The van der Waals surface area contributed by atoms with Crippen molar-refractivity contribution in [2.75, 3.05) is 6.61 Å². The summed E-state index contributed by atoms with van der Waals surface area (Å²) in [7, 11) is 0. The molecule has 7 heteroatoms. The molecule has 2 bridgehead atoms. The number of halogens is 1. The Morgan fingerprint density at radius 3 is 2.17 bits per heavy atom. The van der Waals surface area contributed by atoms with Crippen LogP contribution in [-0.2, 0) is 19.1 Å². The highest BCUT2D eigenvalue weighted by Crippen LogP contribution is 2.65. The van der Waals surface area contributed by atoms with E-state index in [9.17, 15) is 19.2 Å². The SMILES string of the molecule is C[C@H](C(=O)OCC(=O)c1ccc(Br)cc1)N1C(=O)[C@@H]2[C@@H]3C=C[C@H]([C@H]4C[C@H]34)[C@@H]2C1=O. The Labute approximate surface area is 176 Å². The minimum atomic E-state index is -1.03. The lowest BCUT2D eigenvalue weighted by Crippen LogP contribution is -2.45. The molecule has 29 heavy (non-hydrogen) atoms. The van der Waals surface area contributed by atoms with E-state index < -0.39 is 18.6 Å². The Bertz CT molecular complexity index is 918. The summed E-state index contributed by atoms with van der Waals surface area (Å²) in [5, 5.41) is 0. The molecule has 1 heterocycles. The van der Waals surface area contributed by atoms with Gasteiger partial charge in [0.15, 0.2) is 12.4 Å². The van der Waals surface area contributed by atoms with Crippen molar-refractivity contribution in [3.05, 3.63) is 46.5 Å². The average molecular weight is 458 g/mol. The van der Waals surface area contributed by atoms with Crippen LogP contribution < -0.4 is 0 Å². The fourth-order valence-corrected chi connectivity index (χ4v) is 5.71. The lowest BCUT2D eigenvalue weighted by molar-refractivity contribution is -0.157. The molecule has 0 radical (unpaired) electrons. The van der Waals surface area contributed by atoms with Crippen LogP contribution in [-0.4, -0.2) is 41.1 Å². The number of ether oxygens (including phenoxy) is 1. The van der Waals surface area contributed by atoms with Crippen LogP contribution in [0.1, 0.15) is 23.7 Å². The number of allylic oxidation sites excluding steroid dienone is 2. The molecule has 1 aromatic rings. The predicted molar refractivity (Wildman–Crippen MR) is 105 cm³/mol. The first-order valence-electron chi connectivity index (χ1n) is 9.89. The van der Waals surface area contributed by atoms with Crippen molar-refractivity contribution >= 4 is 39.5 Å². The number of hydrogen-bond donors (Lipinski definition) is 0. The quantitative estimate of drug-likeness (QED) is 0.293. The van der Waals surface area contributed by atoms with Crippen molar-refractivity contribution in [1.29, 1.82) is 0 Å². The molecule has 0 spiro atoms. The Morgan fingerprint density at radius 1 is 1.07 bits per heavy atom. The summed E-state index contributed by atoms with van der Waals surface area (Å²) in [6, 6.07) is 5.70. The number of nitrogens with zero attached hydrogens (tertiary/aromatic N) is 1. The summed E-state index contributed by atoms with van der Waals surface area (Å²) in [6.45, 7) is 1.07. The van der Waals surface area contributed by atoms with Crippen LogP contribution >= 0.6 is 15.9 Å². The number of esters is 1. The molecule has 0 aromatic heterocycles. The third-order valence-corrected chi connectivity index (χ3v) is 7.47. The number of hydrogen-bond acceptors (Lipinski definition) is 5. The first kappa shape index (κ1) is 18.7. The second-order valence-corrected chi connectivity index (χ2v) is 9.33. The van der Waals surface area contributed by atoms with Gasteiger partial charge >= 0.3 is 5.97 Å². The summed E-state index contributed by atoms with van der Waals surface area (Å²) >= 11 is 3.30. The van der Waals surface area contributed by atoms with Gasteiger partial charge in [0.05, 0.1) is 11.8 Å². The monoisotopic (exact) mass is 457 g/mol. The standard InChI is InChI=1S/C22H20BrNO5/c1-10(22(28)29-9-17(25)11-2-4-12(23)5-3-11)24-20(26)18-13-6-7-14(16-8-15(13)16)19(18)21(24)27/h2-7,10,13-16,18-19H,8-9H2,1H3/t10-,13-,14-,15-,16-,18-,19+/m1/s1. The van der Waals surface area contributed by atoms with Crippen molar-refractivity contribution in [1.82, 2.24) is 4.90 Å². The van der Waals surface area contributed by atoms with Gasteiger partial charge in [0.2, 0.25) is 11.8 Å². The van der Waals surface area contributed by atoms with Gasteiger partial charge in [-0.25, -0.2) is 4.79 Å². The molecule has 1 aliphatic heterocycles. The first-order chi connectivity index (χ1) is 13.9. The lowest BCUT2D eigenvalue weighted by atomic mass is 9.63. The van der Waals surface area contributed by atoms with Gasteiger partial charge in [-0.3, -0.25) is 19.3 Å². The zero-order valence-corrected chi connectivity index (χ0v) is 17.4. The van der Waals surface area contributed by atoms with Crippen LogP contribution in [0.25, 0.3) is 0 Å². The van der Waals surface area contributed by atoms with Crippen LogP contribution in [0.2, 0.25) is 0 Å². The van der Waals surface area contributed by atoms with Gasteiger partial charge in [-0.2, -0.15) is 0 Å². The maximum absolute atomic E-state index is 13.0. The minimum absolute atomic E-state index is 0.110. The number of Topliss-reactive ketones (excluding diaryl/α,β-unsaturated/α-hetero) is 1. The van der Waals surface area contributed by atoms with Gasteiger partial charge in [0.1, 0.15) is 6.04 Å². The molecular weight excluding hydrogens is 438 g/mol. The van der Waals surface area contributed by atoms with E-state index in [4.69, 9.17) is 4.74 Å². The summed E-state index contributed by atoms with van der Waals surface area (Å²) in [4.78, 5) is 51.9. The number of carbonyl (C=O) groups is 4. The Balaban J connectivity index is 1.26. The molecule has 4 aliphatic carbocycles. The summed E-state index contributed by atoms with van der Waals surface area (Å²) in [5.74, 6) is -1.07. The van der Waals surface area contributed by atoms with E-state index in [-0.39, 0.29) is 41.3 Å². The number of benzene rings is 1. The Hall–Kier alpha value is -2.28. The van der Waals surface area contributed by atoms with Crippen molar-refractivity contribution in [2.45, 2.75) is 19.4 Å². The molecule has 6 rings (SSSR count). The van der Waals surface area contributed by atoms with E-state index in [1.807, 2.05) is 0 Å². The van der Waals surface area contributed by atoms with Gasteiger partial charge in [-0.05, 0) is 49.1 Å². The van der Waals surface area contributed by atoms with Gasteiger partial charge < -0.3 is 4.74 Å². The maximum atomic E-state index is 13.0. The predicted octanol–water partition coefficient (Wildman–Crippen LogP) is 2.62. The maximum Gasteiger partial charge on any atom is 0.329 e. The zero-order chi connectivity index (χ0) is 20.4. The molecule has 150 valence electrons. The summed E-state index contributed by atoms with van der Waals surface area (Å²) in [5.41, 5.74) is 0.426. The largest absolute Gasteiger partial charge is 0.456 e. The number of rotatable bonds is 5. The van der Waals surface area contributed by atoms with E-state index in [1.54, 1.807) is 24.3 Å². The molecule has 1 saturated heterocycles. The molecule has 1 aromatic carbocycles. The summed E-state index contributed by atoms with van der Waals surface area (Å²) < 4.78 is 5.99. The smallest absolute Gasteiger partial charge is 0.329 e. The molecule has 2 saturated carbocycles. The number of ketones is 1. The van der Waals surface area contributed by atoms with Crippen LogP contribution in [0.15, 0.2) is 40.9 Å². The third kappa shape index (κ3) is 2.81. The van der Waals surface area contributed by atoms with Crippen molar-refractivity contribution in [3.8, 4) is 0 Å². The van der Waals surface area contributed by atoms with Crippen LogP contribution in [0.4, 0.5) is 0 Å². The second-order valence-electron chi connectivity index (χ2n) is 8.41. The number of imide groups is 1. The van der Waals surface area contributed by atoms with Gasteiger partial charge in [0, 0.05) is 10.0 Å².